The molecule has 106 valence electrons. The second kappa shape index (κ2) is 5.42. The van der Waals surface area contributed by atoms with Crippen LogP contribution in [0.25, 0.3) is 11.3 Å². The lowest BCUT2D eigenvalue weighted by atomic mass is 10.1. The van der Waals surface area contributed by atoms with E-state index >= 15 is 0 Å². The molecule has 0 aliphatic heterocycles. The summed E-state index contributed by atoms with van der Waals surface area (Å²) < 4.78 is 12.8. The molecule has 0 unspecified atom stereocenters. The molecule has 0 bridgehead atoms. The van der Waals surface area contributed by atoms with Gasteiger partial charge < -0.3 is 11.1 Å². The van der Waals surface area contributed by atoms with E-state index < -0.39 is 5.54 Å². The molecule has 0 aliphatic carbocycles. The van der Waals surface area contributed by atoms with Gasteiger partial charge in [-0.1, -0.05) is 0 Å². The van der Waals surface area contributed by atoms with Crippen LogP contribution in [0.3, 0.4) is 0 Å². The van der Waals surface area contributed by atoms with Gasteiger partial charge in [0, 0.05) is 17.6 Å². The molecule has 0 radical (unpaired) electrons. The minimum atomic E-state index is -0.477. The molecule has 2 rings (SSSR count). The number of benzene rings is 1. The summed E-state index contributed by atoms with van der Waals surface area (Å²) in [7, 11) is 0. The molecular weight excluding hydrogens is 259 g/mol. The summed E-state index contributed by atoms with van der Waals surface area (Å²) in [4.78, 5) is 11.9. The van der Waals surface area contributed by atoms with Crippen LogP contribution in [0.4, 0.5) is 4.39 Å². The molecule has 6 heteroatoms. The molecule has 0 saturated heterocycles. The molecule has 5 nitrogen and oxygen atoms in total. The van der Waals surface area contributed by atoms with E-state index in [4.69, 9.17) is 5.73 Å². The van der Waals surface area contributed by atoms with Gasteiger partial charge in [-0.05, 0) is 44.2 Å². The Balaban J connectivity index is 2.09. The summed E-state index contributed by atoms with van der Waals surface area (Å²) >= 11 is 0. The SMILES string of the molecule is CC(C)(N)CNC(=O)c1cc(-c2ccc(F)cc2)n[nH]1. The Hall–Kier alpha value is -2.21. The van der Waals surface area contributed by atoms with E-state index in [1.165, 1.54) is 12.1 Å². The lowest BCUT2D eigenvalue weighted by Gasteiger charge is -2.18. The zero-order valence-electron chi connectivity index (χ0n) is 11.4. The first-order valence-corrected chi connectivity index (χ1v) is 6.23. The number of nitrogens with two attached hydrogens (primary N) is 1. The third-order valence-corrected chi connectivity index (χ3v) is 2.67. The molecule has 1 aromatic carbocycles. The molecule has 0 fully saturated rings. The molecule has 1 amide bonds. The quantitative estimate of drug-likeness (QED) is 0.794. The van der Waals surface area contributed by atoms with Gasteiger partial charge in [-0.25, -0.2) is 4.39 Å². The lowest BCUT2D eigenvalue weighted by Crippen LogP contribution is -2.45. The Bertz CT molecular complexity index is 598. The topological polar surface area (TPSA) is 83.8 Å². The van der Waals surface area contributed by atoms with Crippen LogP contribution < -0.4 is 11.1 Å². The Kier molecular flexibility index (Phi) is 3.85. The Morgan fingerprint density at radius 3 is 2.65 bits per heavy atom. The predicted molar refractivity (Wildman–Crippen MR) is 74.6 cm³/mol. The first-order valence-electron chi connectivity index (χ1n) is 6.23. The van der Waals surface area contributed by atoms with E-state index in [-0.39, 0.29) is 11.7 Å². The van der Waals surface area contributed by atoms with Gasteiger partial charge in [0.15, 0.2) is 0 Å². The first-order chi connectivity index (χ1) is 9.35. The monoisotopic (exact) mass is 276 g/mol. The van der Waals surface area contributed by atoms with Gasteiger partial charge >= 0.3 is 0 Å². The number of nitrogens with zero attached hydrogens (tertiary/aromatic N) is 1. The number of hydrogen-bond acceptors (Lipinski definition) is 3. The normalized spacial score (nSPS) is 11.4. The largest absolute Gasteiger partial charge is 0.349 e. The van der Waals surface area contributed by atoms with Gasteiger partial charge in [-0.15, -0.1) is 0 Å². The van der Waals surface area contributed by atoms with Crippen molar-refractivity contribution in [2.45, 2.75) is 19.4 Å². The Labute approximate surface area is 116 Å². The van der Waals surface area contributed by atoms with Crippen LogP contribution in [0.5, 0.6) is 0 Å². The fourth-order valence-corrected chi connectivity index (χ4v) is 1.61. The number of aromatic amines is 1. The van der Waals surface area contributed by atoms with Crippen molar-refractivity contribution in [3.63, 3.8) is 0 Å². The molecule has 0 atom stereocenters. The van der Waals surface area contributed by atoms with Crippen LogP contribution in [0.1, 0.15) is 24.3 Å². The van der Waals surface area contributed by atoms with Gasteiger partial charge in [0.2, 0.25) is 0 Å². The summed E-state index contributed by atoms with van der Waals surface area (Å²) in [5.41, 5.74) is 6.98. The van der Waals surface area contributed by atoms with Crippen molar-refractivity contribution in [1.29, 1.82) is 0 Å². The van der Waals surface area contributed by atoms with Crippen LogP contribution in [0.2, 0.25) is 0 Å². The fraction of sp³-hybridized carbons (Fsp3) is 0.286. The summed E-state index contributed by atoms with van der Waals surface area (Å²) in [6.07, 6.45) is 0. The predicted octanol–water partition coefficient (Wildman–Crippen LogP) is 1.68. The number of nitrogens with one attached hydrogen (secondary N) is 2. The third-order valence-electron chi connectivity index (χ3n) is 2.67. The number of H-pyrrole nitrogens is 1. The average molecular weight is 276 g/mol. The Morgan fingerprint density at radius 1 is 1.40 bits per heavy atom. The fourth-order valence-electron chi connectivity index (χ4n) is 1.61. The van der Waals surface area contributed by atoms with E-state index in [0.29, 0.717) is 17.9 Å². The van der Waals surface area contributed by atoms with Crippen molar-refractivity contribution in [1.82, 2.24) is 15.5 Å². The number of aromatic nitrogens is 2. The van der Waals surface area contributed by atoms with Crippen molar-refractivity contribution in [2.24, 2.45) is 5.73 Å². The molecular formula is C14H17FN4O. The van der Waals surface area contributed by atoms with Crippen molar-refractivity contribution in [3.8, 4) is 11.3 Å². The van der Waals surface area contributed by atoms with Gasteiger partial charge in [0.25, 0.3) is 5.91 Å². The third kappa shape index (κ3) is 3.64. The van der Waals surface area contributed by atoms with E-state index in [0.717, 1.165) is 5.56 Å². The molecule has 4 N–H and O–H groups in total. The van der Waals surface area contributed by atoms with Crippen molar-refractivity contribution in [3.05, 3.63) is 41.8 Å². The highest BCUT2D eigenvalue weighted by molar-refractivity contribution is 5.93. The molecule has 20 heavy (non-hydrogen) atoms. The second-order valence-corrected chi connectivity index (χ2v) is 5.35. The number of hydrogen-bond donors (Lipinski definition) is 3. The molecule has 0 spiro atoms. The highest BCUT2D eigenvalue weighted by Crippen LogP contribution is 2.17. The van der Waals surface area contributed by atoms with Gasteiger partial charge in [0.05, 0.1) is 5.69 Å². The van der Waals surface area contributed by atoms with Crippen LogP contribution >= 0.6 is 0 Å². The number of amides is 1. The molecule has 1 heterocycles. The number of carbonyl (C=O) groups is 1. The van der Waals surface area contributed by atoms with Gasteiger partial charge in [-0.3, -0.25) is 9.89 Å². The minimum Gasteiger partial charge on any atom is -0.349 e. The van der Waals surface area contributed by atoms with Crippen LogP contribution in [-0.2, 0) is 0 Å². The van der Waals surface area contributed by atoms with Crippen LogP contribution in [0, 0.1) is 5.82 Å². The second-order valence-electron chi connectivity index (χ2n) is 5.35. The number of carbonyl (C=O) groups excluding carboxylic acids is 1. The van der Waals surface area contributed by atoms with E-state index in [2.05, 4.69) is 15.5 Å². The summed E-state index contributed by atoms with van der Waals surface area (Å²) in [5.74, 6) is -0.586. The minimum absolute atomic E-state index is 0.274. The van der Waals surface area contributed by atoms with E-state index in [1.54, 1.807) is 18.2 Å². The summed E-state index contributed by atoms with van der Waals surface area (Å²) in [6.45, 7) is 4.01. The van der Waals surface area contributed by atoms with Crippen molar-refractivity contribution < 1.29 is 9.18 Å². The molecule has 1 aromatic heterocycles. The number of rotatable bonds is 4. The van der Waals surface area contributed by atoms with Gasteiger partial charge in [-0.2, -0.15) is 5.10 Å². The van der Waals surface area contributed by atoms with Crippen LogP contribution in [-0.4, -0.2) is 28.2 Å². The maximum absolute atomic E-state index is 12.8. The standard InChI is InChI=1S/C14H17FN4O/c1-14(2,16)8-17-13(20)12-7-11(18-19-12)9-3-5-10(15)6-4-9/h3-7H,8,16H2,1-2H3,(H,17,20)(H,18,19). The summed E-state index contributed by atoms with van der Waals surface area (Å²) in [5, 5.41) is 9.42. The maximum Gasteiger partial charge on any atom is 0.269 e. The number of halogens is 1. The molecule has 0 aliphatic rings. The highest BCUT2D eigenvalue weighted by Gasteiger charge is 2.15. The van der Waals surface area contributed by atoms with Crippen LogP contribution in [0.15, 0.2) is 30.3 Å². The Morgan fingerprint density at radius 2 is 2.05 bits per heavy atom. The van der Waals surface area contributed by atoms with Crippen molar-refractivity contribution in [2.75, 3.05) is 6.54 Å². The highest BCUT2D eigenvalue weighted by atomic mass is 19.1. The zero-order valence-corrected chi connectivity index (χ0v) is 11.4. The van der Waals surface area contributed by atoms with E-state index in [1.807, 2.05) is 13.8 Å². The average Bonchev–Trinajstić information content (AvgIpc) is 2.85. The maximum atomic E-state index is 12.8. The smallest absolute Gasteiger partial charge is 0.269 e. The molecule has 0 saturated carbocycles. The van der Waals surface area contributed by atoms with Gasteiger partial charge in [0.1, 0.15) is 11.5 Å². The lowest BCUT2D eigenvalue weighted by molar-refractivity contribution is 0.0941. The summed E-state index contributed by atoms with van der Waals surface area (Å²) in [6, 6.07) is 7.53. The first kappa shape index (κ1) is 14.2. The van der Waals surface area contributed by atoms with Crippen molar-refractivity contribution >= 4 is 5.91 Å². The molecule has 2 aromatic rings. The van der Waals surface area contributed by atoms with E-state index in [9.17, 15) is 9.18 Å². The zero-order chi connectivity index (χ0) is 14.8.